The molecule has 0 atom stereocenters. The molecule has 0 saturated carbocycles. The molecule has 1 N–H and O–H groups in total. The summed E-state index contributed by atoms with van der Waals surface area (Å²) in [6.07, 6.45) is 4.40. The highest BCUT2D eigenvalue weighted by Crippen LogP contribution is 2.22. The monoisotopic (exact) mass is 408 g/mol. The Hall–Kier alpha value is -2.80. The number of hydrogen-bond donors (Lipinski definition) is 1. The largest absolute Gasteiger partial charge is 0.416 e. The standard InChI is InChI=1S/C22H24N4O2S/c27-20(23-18-9-11-19(12-10-18)26-13-5-2-6-14-26)16-29-22-25-24-21(28-22)15-17-7-3-1-4-8-17/h1,3-4,7-12H,2,5-6,13-16H2,(H,23,27). The first-order valence-electron chi connectivity index (χ1n) is 9.90. The number of carbonyl (C=O) groups is 1. The van der Waals surface area contributed by atoms with Crippen molar-refractivity contribution in [3.8, 4) is 0 Å². The van der Waals surface area contributed by atoms with Gasteiger partial charge in [0.1, 0.15) is 0 Å². The predicted octanol–water partition coefficient (Wildman–Crippen LogP) is 4.38. The molecule has 0 spiro atoms. The summed E-state index contributed by atoms with van der Waals surface area (Å²) >= 11 is 1.24. The number of benzene rings is 2. The molecule has 1 aliphatic rings. The van der Waals surface area contributed by atoms with Crippen LogP contribution in [0.4, 0.5) is 11.4 Å². The average molecular weight is 409 g/mol. The lowest BCUT2D eigenvalue weighted by atomic mass is 10.1. The molecule has 0 radical (unpaired) electrons. The van der Waals surface area contributed by atoms with Gasteiger partial charge in [0.2, 0.25) is 11.8 Å². The summed E-state index contributed by atoms with van der Waals surface area (Å²) in [5.74, 6) is 0.678. The van der Waals surface area contributed by atoms with Crippen LogP contribution in [-0.2, 0) is 11.2 Å². The Labute approximate surface area is 174 Å². The fourth-order valence-electron chi connectivity index (χ4n) is 3.37. The van der Waals surface area contributed by atoms with Crippen LogP contribution in [0.25, 0.3) is 0 Å². The van der Waals surface area contributed by atoms with Gasteiger partial charge in [-0.1, -0.05) is 42.1 Å². The summed E-state index contributed by atoms with van der Waals surface area (Å²) in [4.78, 5) is 14.6. The Balaban J connectivity index is 1.25. The minimum atomic E-state index is -0.0940. The number of rotatable bonds is 7. The number of hydrogen-bond acceptors (Lipinski definition) is 6. The minimum absolute atomic E-state index is 0.0940. The van der Waals surface area contributed by atoms with E-state index in [0.717, 1.165) is 24.3 Å². The van der Waals surface area contributed by atoms with E-state index in [4.69, 9.17) is 4.42 Å². The van der Waals surface area contributed by atoms with E-state index in [-0.39, 0.29) is 11.7 Å². The number of piperidine rings is 1. The maximum atomic E-state index is 12.2. The van der Waals surface area contributed by atoms with Crippen LogP contribution in [-0.4, -0.2) is 34.9 Å². The van der Waals surface area contributed by atoms with Gasteiger partial charge < -0.3 is 14.6 Å². The first-order chi connectivity index (χ1) is 14.3. The normalized spacial score (nSPS) is 14.0. The maximum absolute atomic E-state index is 12.2. The lowest BCUT2D eigenvalue weighted by Gasteiger charge is -2.28. The van der Waals surface area contributed by atoms with Gasteiger partial charge in [0.15, 0.2) is 0 Å². The van der Waals surface area contributed by atoms with Crippen molar-refractivity contribution in [1.82, 2.24) is 10.2 Å². The molecule has 1 aliphatic heterocycles. The fourth-order valence-corrected chi connectivity index (χ4v) is 3.95. The quantitative estimate of drug-likeness (QED) is 0.585. The van der Waals surface area contributed by atoms with Crippen molar-refractivity contribution in [2.45, 2.75) is 30.9 Å². The van der Waals surface area contributed by atoms with Crippen LogP contribution >= 0.6 is 11.8 Å². The van der Waals surface area contributed by atoms with Crippen LogP contribution < -0.4 is 10.2 Å². The Morgan fingerprint density at radius 2 is 1.76 bits per heavy atom. The van der Waals surface area contributed by atoms with E-state index in [1.807, 2.05) is 42.5 Å². The van der Waals surface area contributed by atoms with Gasteiger partial charge in [0, 0.05) is 24.5 Å². The first-order valence-corrected chi connectivity index (χ1v) is 10.9. The second kappa shape index (κ2) is 9.60. The molecule has 29 heavy (non-hydrogen) atoms. The van der Waals surface area contributed by atoms with Crippen molar-refractivity contribution in [2.24, 2.45) is 0 Å². The summed E-state index contributed by atoms with van der Waals surface area (Å²) in [5.41, 5.74) is 3.12. The number of aromatic nitrogens is 2. The van der Waals surface area contributed by atoms with Crippen LogP contribution in [0.15, 0.2) is 64.2 Å². The number of carbonyl (C=O) groups excluding carboxylic acids is 1. The lowest BCUT2D eigenvalue weighted by Crippen LogP contribution is -2.29. The molecule has 0 unspecified atom stereocenters. The highest BCUT2D eigenvalue weighted by atomic mass is 32.2. The van der Waals surface area contributed by atoms with Gasteiger partial charge in [-0.15, -0.1) is 10.2 Å². The number of nitrogens with one attached hydrogen (secondary N) is 1. The van der Waals surface area contributed by atoms with Gasteiger partial charge in [-0.25, -0.2) is 0 Å². The Morgan fingerprint density at radius 3 is 2.52 bits per heavy atom. The van der Waals surface area contributed by atoms with Crippen LogP contribution in [0.2, 0.25) is 0 Å². The molecule has 1 aromatic heterocycles. The second-order valence-corrected chi connectivity index (χ2v) is 7.98. The van der Waals surface area contributed by atoms with Gasteiger partial charge in [-0.3, -0.25) is 4.79 Å². The third-order valence-electron chi connectivity index (χ3n) is 4.85. The topological polar surface area (TPSA) is 71.3 Å². The van der Waals surface area contributed by atoms with E-state index in [2.05, 4.69) is 32.5 Å². The predicted molar refractivity (Wildman–Crippen MR) is 115 cm³/mol. The second-order valence-electron chi connectivity index (χ2n) is 7.06. The zero-order valence-electron chi connectivity index (χ0n) is 16.2. The number of nitrogens with zero attached hydrogens (tertiary/aromatic N) is 3. The van der Waals surface area contributed by atoms with Gasteiger partial charge in [-0.2, -0.15) is 0 Å². The zero-order chi connectivity index (χ0) is 19.9. The van der Waals surface area contributed by atoms with Crippen molar-refractivity contribution in [1.29, 1.82) is 0 Å². The molecular weight excluding hydrogens is 384 g/mol. The molecular formula is C22H24N4O2S. The molecule has 0 aliphatic carbocycles. The number of amides is 1. The molecule has 6 nitrogen and oxygen atoms in total. The molecule has 4 rings (SSSR count). The summed E-state index contributed by atoms with van der Waals surface area (Å²) in [7, 11) is 0. The lowest BCUT2D eigenvalue weighted by molar-refractivity contribution is -0.113. The Kier molecular flexibility index (Phi) is 6.46. The fraction of sp³-hybridized carbons (Fsp3) is 0.318. The van der Waals surface area contributed by atoms with Crippen LogP contribution in [0.3, 0.4) is 0 Å². The molecule has 0 bridgehead atoms. The van der Waals surface area contributed by atoms with E-state index >= 15 is 0 Å². The third kappa shape index (κ3) is 5.60. The van der Waals surface area contributed by atoms with Gasteiger partial charge in [0.25, 0.3) is 5.22 Å². The van der Waals surface area contributed by atoms with Gasteiger partial charge in [0.05, 0.1) is 12.2 Å². The maximum Gasteiger partial charge on any atom is 0.277 e. The summed E-state index contributed by atoms with van der Waals surface area (Å²) in [6, 6.07) is 18.0. The van der Waals surface area contributed by atoms with E-state index in [9.17, 15) is 4.79 Å². The van der Waals surface area contributed by atoms with Crippen LogP contribution in [0.1, 0.15) is 30.7 Å². The molecule has 3 aromatic rings. The highest BCUT2D eigenvalue weighted by Gasteiger charge is 2.12. The van der Waals surface area contributed by atoms with Crippen molar-refractivity contribution in [3.05, 3.63) is 66.1 Å². The highest BCUT2D eigenvalue weighted by molar-refractivity contribution is 7.99. The van der Waals surface area contributed by atoms with Crippen molar-refractivity contribution < 1.29 is 9.21 Å². The van der Waals surface area contributed by atoms with E-state index < -0.39 is 0 Å². The molecule has 2 aromatic carbocycles. The van der Waals surface area contributed by atoms with Crippen LogP contribution in [0, 0.1) is 0 Å². The van der Waals surface area contributed by atoms with Gasteiger partial charge >= 0.3 is 0 Å². The SMILES string of the molecule is O=C(CSc1nnc(Cc2ccccc2)o1)Nc1ccc(N2CCCCC2)cc1. The Morgan fingerprint density at radius 1 is 1.00 bits per heavy atom. The van der Waals surface area contributed by atoms with E-state index in [1.54, 1.807) is 0 Å². The molecule has 7 heteroatoms. The summed E-state index contributed by atoms with van der Waals surface area (Å²) < 4.78 is 5.63. The minimum Gasteiger partial charge on any atom is -0.416 e. The zero-order valence-corrected chi connectivity index (χ0v) is 17.0. The molecule has 2 heterocycles. The van der Waals surface area contributed by atoms with Crippen molar-refractivity contribution in [3.63, 3.8) is 0 Å². The van der Waals surface area contributed by atoms with Crippen LogP contribution in [0.5, 0.6) is 0 Å². The van der Waals surface area contributed by atoms with E-state index in [0.29, 0.717) is 17.5 Å². The Bertz CT molecular complexity index is 922. The van der Waals surface area contributed by atoms with Crippen molar-refractivity contribution >= 4 is 29.0 Å². The number of thioether (sulfide) groups is 1. The smallest absolute Gasteiger partial charge is 0.277 e. The van der Waals surface area contributed by atoms with Gasteiger partial charge in [-0.05, 0) is 49.1 Å². The first kappa shape index (κ1) is 19.5. The molecule has 150 valence electrons. The van der Waals surface area contributed by atoms with E-state index in [1.165, 1.54) is 36.7 Å². The van der Waals surface area contributed by atoms with Crippen molar-refractivity contribution in [2.75, 3.05) is 29.1 Å². The summed E-state index contributed by atoms with van der Waals surface area (Å²) in [6.45, 7) is 2.22. The summed E-state index contributed by atoms with van der Waals surface area (Å²) in [5, 5.41) is 11.4. The molecule has 1 saturated heterocycles. The third-order valence-corrected chi connectivity index (χ3v) is 5.66. The number of anilines is 2. The molecule has 1 fully saturated rings. The average Bonchev–Trinajstić information content (AvgIpc) is 3.21. The molecule has 1 amide bonds.